The van der Waals surface area contributed by atoms with Crippen LogP contribution in [0.5, 0.6) is 0 Å². The number of carbonyl (C=O) groups is 2. The number of rotatable bonds is 12. The van der Waals surface area contributed by atoms with Gasteiger partial charge in [0, 0.05) is 25.8 Å². The second-order valence-electron chi connectivity index (χ2n) is 9.41. The summed E-state index contributed by atoms with van der Waals surface area (Å²) in [6.07, 6.45) is 6.53. The summed E-state index contributed by atoms with van der Waals surface area (Å²) in [5, 5.41) is 2.02. The van der Waals surface area contributed by atoms with E-state index in [2.05, 4.69) is 0 Å². The Morgan fingerprint density at radius 1 is 1.09 bits per heavy atom. The lowest BCUT2D eigenvalue weighted by Crippen LogP contribution is -2.37. The molecule has 1 saturated carbocycles. The van der Waals surface area contributed by atoms with Crippen molar-refractivity contribution in [1.82, 2.24) is 4.57 Å². The van der Waals surface area contributed by atoms with Gasteiger partial charge in [-0.1, -0.05) is 44.2 Å². The fraction of sp³-hybridized carbons (Fsp3) is 0.500. The Balaban J connectivity index is 1.55. The van der Waals surface area contributed by atoms with Gasteiger partial charge in [-0.15, -0.1) is 11.3 Å². The quantitative estimate of drug-likeness (QED) is 0.233. The molecule has 0 unspecified atom stereocenters. The monoisotopic (exact) mass is 496 g/mol. The van der Waals surface area contributed by atoms with Gasteiger partial charge in [-0.2, -0.15) is 0 Å². The second-order valence-corrected chi connectivity index (χ2v) is 10.4. The van der Waals surface area contributed by atoms with Gasteiger partial charge in [-0.05, 0) is 48.1 Å². The maximum absolute atomic E-state index is 13.7. The number of methoxy groups -OCH3 is 1. The topological polar surface area (TPSA) is 60.8 Å². The fourth-order valence-electron chi connectivity index (χ4n) is 4.95. The van der Waals surface area contributed by atoms with E-state index in [1.54, 1.807) is 23.3 Å². The largest absolute Gasteiger partial charge is 0.382 e. The molecule has 0 bridgehead atoms. The van der Waals surface area contributed by atoms with Crippen molar-refractivity contribution in [2.75, 3.05) is 38.4 Å². The van der Waals surface area contributed by atoms with Crippen molar-refractivity contribution < 1.29 is 19.1 Å². The molecule has 0 N–H and O–H groups in total. The number of hydrogen-bond donors (Lipinski definition) is 0. The first-order chi connectivity index (χ1) is 17.1. The summed E-state index contributed by atoms with van der Waals surface area (Å²) in [4.78, 5) is 28.8. The molecule has 1 aromatic carbocycles. The highest BCUT2D eigenvalue weighted by Gasteiger charge is 2.24. The SMILES string of the molecule is COCCOCCN(C(=O)Cn1c(C(=O)CC2CCCCC2)cc2sccc21)c1cccc(C)c1. The molecule has 1 fully saturated rings. The number of benzene rings is 1. The van der Waals surface area contributed by atoms with Gasteiger partial charge in [-0.25, -0.2) is 0 Å². The number of ketones is 1. The van der Waals surface area contributed by atoms with E-state index in [9.17, 15) is 9.59 Å². The highest BCUT2D eigenvalue weighted by atomic mass is 32.1. The number of hydrogen-bond acceptors (Lipinski definition) is 5. The van der Waals surface area contributed by atoms with Crippen LogP contribution < -0.4 is 4.90 Å². The van der Waals surface area contributed by atoms with Crippen LogP contribution in [0.2, 0.25) is 0 Å². The standard InChI is InChI=1S/C28H36N2O4S/c1-21-7-6-10-23(17-21)29(12-13-34-15-14-33-2)28(32)20-30-24-11-16-35-27(24)19-25(30)26(31)18-22-8-4-3-5-9-22/h6-7,10-11,16-17,19,22H,3-5,8-9,12-15,18,20H2,1-2H3. The van der Waals surface area contributed by atoms with Gasteiger partial charge in [0.05, 0.1) is 35.7 Å². The van der Waals surface area contributed by atoms with Gasteiger partial charge in [0.15, 0.2) is 5.78 Å². The number of amides is 1. The normalized spacial score (nSPS) is 14.5. The molecule has 1 aliphatic rings. The summed E-state index contributed by atoms with van der Waals surface area (Å²) in [7, 11) is 1.64. The van der Waals surface area contributed by atoms with Crippen LogP contribution in [0.15, 0.2) is 41.8 Å². The van der Waals surface area contributed by atoms with Crippen molar-refractivity contribution in [3.63, 3.8) is 0 Å². The number of carbonyl (C=O) groups excluding carboxylic acids is 2. The molecule has 2 aromatic heterocycles. The molecule has 1 aliphatic carbocycles. The number of ether oxygens (including phenoxy) is 2. The molecule has 2 heterocycles. The molecule has 0 spiro atoms. The van der Waals surface area contributed by atoms with E-state index < -0.39 is 0 Å². The van der Waals surface area contributed by atoms with Crippen molar-refractivity contribution in [3.05, 3.63) is 53.0 Å². The van der Waals surface area contributed by atoms with E-state index in [1.165, 1.54) is 19.3 Å². The molecule has 6 nitrogen and oxygen atoms in total. The van der Waals surface area contributed by atoms with Gasteiger partial charge in [-0.3, -0.25) is 9.59 Å². The minimum Gasteiger partial charge on any atom is -0.382 e. The lowest BCUT2D eigenvalue weighted by Gasteiger charge is -2.25. The summed E-state index contributed by atoms with van der Waals surface area (Å²) in [5.74, 6) is 0.556. The van der Waals surface area contributed by atoms with Crippen LogP contribution in [0.3, 0.4) is 0 Å². The Labute approximate surface area is 211 Å². The Bertz CT molecular complexity index is 1130. The zero-order chi connectivity index (χ0) is 24.6. The number of Topliss-reactive ketones (excluding diaryl/α,β-unsaturated/α-hetero) is 1. The third-order valence-corrected chi connectivity index (χ3v) is 7.66. The Morgan fingerprint density at radius 2 is 1.91 bits per heavy atom. The second kappa shape index (κ2) is 12.5. The molecule has 0 saturated heterocycles. The highest BCUT2D eigenvalue weighted by Crippen LogP contribution is 2.31. The summed E-state index contributed by atoms with van der Waals surface area (Å²) in [5.41, 5.74) is 3.54. The summed E-state index contributed by atoms with van der Waals surface area (Å²) >= 11 is 1.61. The number of aromatic nitrogens is 1. The Hall–Kier alpha value is -2.48. The first-order valence-electron chi connectivity index (χ1n) is 12.6. The average Bonchev–Trinajstić information content (AvgIpc) is 3.44. The maximum Gasteiger partial charge on any atom is 0.247 e. The van der Waals surface area contributed by atoms with Crippen LogP contribution in [0, 0.1) is 12.8 Å². The molecular weight excluding hydrogens is 460 g/mol. The molecule has 7 heteroatoms. The van der Waals surface area contributed by atoms with Gasteiger partial charge in [0.2, 0.25) is 5.91 Å². The number of anilines is 1. The van der Waals surface area contributed by atoms with E-state index in [4.69, 9.17) is 9.47 Å². The molecule has 0 atom stereocenters. The Kier molecular flexibility index (Phi) is 9.12. The lowest BCUT2D eigenvalue weighted by atomic mass is 9.85. The molecular formula is C28H36N2O4S. The maximum atomic E-state index is 13.7. The molecule has 188 valence electrons. The van der Waals surface area contributed by atoms with Crippen molar-refractivity contribution in [2.45, 2.75) is 52.0 Å². The van der Waals surface area contributed by atoms with Gasteiger partial charge in [0.25, 0.3) is 0 Å². The molecule has 35 heavy (non-hydrogen) atoms. The van der Waals surface area contributed by atoms with Crippen LogP contribution in [0.25, 0.3) is 10.2 Å². The van der Waals surface area contributed by atoms with Crippen LogP contribution >= 0.6 is 11.3 Å². The van der Waals surface area contributed by atoms with Crippen molar-refractivity contribution in [2.24, 2.45) is 5.92 Å². The number of nitrogens with zero attached hydrogens (tertiary/aromatic N) is 2. The zero-order valence-electron chi connectivity index (χ0n) is 20.8. The minimum atomic E-state index is -0.0543. The third kappa shape index (κ3) is 6.60. The lowest BCUT2D eigenvalue weighted by molar-refractivity contribution is -0.119. The van der Waals surface area contributed by atoms with Gasteiger partial charge < -0.3 is 18.9 Å². The summed E-state index contributed by atoms with van der Waals surface area (Å²) in [6, 6.07) is 11.9. The summed E-state index contributed by atoms with van der Waals surface area (Å²) < 4.78 is 13.7. The smallest absolute Gasteiger partial charge is 0.247 e. The third-order valence-electron chi connectivity index (χ3n) is 6.81. The number of fused-ring (bicyclic) bond motifs is 1. The first-order valence-corrected chi connectivity index (χ1v) is 13.5. The number of thiophene rings is 1. The fourth-order valence-corrected chi connectivity index (χ4v) is 5.77. The predicted molar refractivity (Wildman–Crippen MR) is 142 cm³/mol. The molecule has 3 aromatic rings. The number of aryl methyl sites for hydroxylation is 1. The van der Waals surface area contributed by atoms with E-state index in [1.807, 2.05) is 53.3 Å². The van der Waals surface area contributed by atoms with Crippen LogP contribution in [-0.2, 0) is 20.8 Å². The van der Waals surface area contributed by atoms with Crippen molar-refractivity contribution in [1.29, 1.82) is 0 Å². The first kappa shape index (κ1) is 25.6. The molecule has 0 aliphatic heterocycles. The van der Waals surface area contributed by atoms with Crippen LogP contribution in [-0.4, -0.2) is 49.7 Å². The highest BCUT2D eigenvalue weighted by molar-refractivity contribution is 7.17. The van der Waals surface area contributed by atoms with Crippen LogP contribution in [0.4, 0.5) is 5.69 Å². The van der Waals surface area contributed by atoms with E-state index in [0.717, 1.165) is 34.3 Å². The zero-order valence-corrected chi connectivity index (χ0v) is 21.6. The van der Waals surface area contributed by atoms with Crippen LogP contribution in [0.1, 0.15) is 54.6 Å². The van der Waals surface area contributed by atoms with Crippen molar-refractivity contribution in [3.8, 4) is 0 Å². The van der Waals surface area contributed by atoms with E-state index >= 15 is 0 Å². The Morgan fingerprint density at radius 3 is 2.69 bits per heavy atom. The molecule has 1 amide bonds. The average molecular weight is 497 g/mol. The van der Waals surface area contributed by atoms with E-state index in [-0.39, 0.29) is 18.2 Å². The van der Waals surface area contributed by atoms with E-state index in [0.29, 0.717) is 44.4 Å². The minimum absolute atomic E-state index is 0.0543. The van der Waals surface area contributed by atoms with Gasteiger partial charge in [0.1, 0.15) is 6.54 Å². The van der Waals surface area contributed by atoms with Gasteiger partial charge >= 0.3 is 0 Å². The summed E-state index contributed by atoms with van der Waals surface area (Å²) in [6.45, 7) is 3.99. The van der Waals surface area contributed by atoms with Crippen molar-refractivity contribution >= 4 is 38.9 Å². The molecule has 0 radical (unpaired) electrons. The molecule has 4 rings (SSSR count). The predicted octanol–water partition coefficient (Wildman–Crippen LogP) is 5.86.